The van der Waals surface area contributed by atoms with Crippen LogP contribution in [0.4, 0.5) is 0 Å². The summed E-state index contributed by atoms with van der Waals surface area (Å²) in [5.74, 6) is -0.385. The average molecular weight is 268 g/mol. The summed E-state index contributed by atoms with van der Waals surface area (Å²) in [6.07, 6.45) is -0.110. The van der Waals surface area contributed by atoms with Crippen LogP contribution in [-0.2, 0) is 20.7 Å². The van der Waals surface area contributed by atoms with Gasteiger partial charge in [-0.15, -0.1) is 0 Å². The van der Waals surface area contributed by atoms with E-state index in [2.05, 4.69) is 4.74 Å². The minimum absolute atomic E-state index is 0.110. The molecule has 0 atom stereocenters. The van der Waals surface area contributed by atoms with Crippen LogP contribution in [0, 0.1) is 0 Å². The second-order valence-electron chi connectivity index (χ2n) is 3.57. The Morgan fingerprint density at radius 2 is 1.53 bits per heavy atom. The summed E-state index contributed by atoms with van der Waals surface area (Å²) in [7, 11) is 5.40. The highest BCUT2D eigenvalue weighted by atomic mass is 16.5. The maximum Gasteiger partial charge on any atom is 0.342 e. The summed E-state index contributed by atoms with van der Waals surface area (Å²) in [6.45, 7) is 0. The van der Waals surface area contributed by atoms with Gasteiger partial charge in [-0.05, 0) is 12.1 Å². The van der Waals surface area contributed by atoms with Crippen molar-refractivity contribution in [2.24, 2.45) is 0 Å². The lowest BCUT2D eigenvalue weighted by Crippen LogP contribution is -2.14. The number of hydrogen-bond donors (Lipinski definition) is 0. The average Bonchev–Trinajstić information content (AvgIpc) is 2.45. The molecule has 0 spiro atoms. The van der Waals surface area contributed by atoms with Crippen LogP contribution in [0.15, 0.2) is 12.1 Å². The normalized spacial score (nSPS) is 9.68. The van der Waals surface area contributed by atoms with E-state index in [4.69, 9.17) is 14.2 Å². The number of carbonyl (C=O) groups is 2. The first-order chi connectivity index (χ1) is 9.08. The molecule has 1 rings (SSSR count). The van der Waals surface area contributed by atoms with Gasteiger partial charge in [0, 0.05) is 5.56 Å². The summed E-state index contributed by atoms with van der Waals surface area (Å²) < 4.78 is 19.6. The Balaban J connectivity index is 3.42. The molecule has 0 saturated heterocycles. The van der Waals surface area contributed by atoms with E-state index in [1.807, 2.05) is 0 Å². The highest BCUT2D eigenvalue weighted by Crippen LogP contribution is 2.31. The van der Waals surface area contributed by atoms with Crippen LogP contribution in [0.5, 0.6) is 11.5 Å². The molecule has 1 aromatic carbocycles. The lowest BCUT2D eigenvalue weighted by molar-refractivity contribution is -0.139. The number of methoxy groups -OCH3 is 4. The highest BCUT2D eigenvalue weighted by Gasteiger charge is 2.23. The molecule has 0 saturated carbocycles. The quantitative estimate of drug-likeness (QED) is 0.747. The predicted molar refractivity (Wildman–Crippen MR) is 66.6 cm³/mol. The summed E-state index contributed by atoms with van der Waals surface area (Å²) in [5, 5.41) is 0. The Morgan fingerprint density at radius 1 is 0.947 bits per heavy atom. The summed E-state index contributed by atoms with van der Waals surface area (Å²) in [5.41, 5.74) is 0.537. The zero-order valence-corrected chi connectivity index (χ0v) is 11.3. The maximum absolute atomic E-state index is 11.8. The molecule has 0 aliphatic rings. The molecule has 0 unspecified atom stereocenters. The van der Waals surface area contributed by atoms with Gasteiger partial charge in [-0.25, -0.2) is 4.79 Å². The topological polar surface area (TPSA) is 71.1 Å². The monoisotopic (exact) mass is 268 g/mol. The molecule has 0 radical (unpaired) electrons. The molecule has 0 bridgehead atoms. The van der Waals surface area contributed by atoms with Crippen molar-refractivity contribution in [2.75, 3.05) is 28.4 Å². The van der Waals surface area contributed by atoms with Gasteiger partial charge in [-0.3, -0.25) is 4.79 Å². The fraction of sp³-hybridized carbons (Fsp3) is 0.385. The summed E-state index contributed by atoms with van der Waals surface area (Å²) in [6, 6.07) is 3.19. The number of hydrogen-bond acceptors (Lipinski definition) is 6. The maximum atomic E-state index is 11.8. The van der Waals surface area contributed by atoms with Crippen molar-refractivity contribution in [3.63, 3.8) is 0 Å². The van der Waals surface area contributed by atoms with E-state index in [9.17, 15) is 9.59 Å². The van der Waals surface area contributed by atoms with Crippen molar-refractivity contribution in [1.29, 1.82) is 0 Å². The van der Waals surface area contributed by atoms with Crippen LogP contribution >= 0.6 is 0 Å². The van der Waals surface area contributed by atoms with Crippen molar-refractivity contribution in [3.8, 4) is 11.5 Å². The van der Waals surface area contributed by atoms with E-state index in [0.29, 0.717) is 17.1 Å². The third-order valence-electron chi connectivity index (χ3n) is 2.61. The Hall–Kier alpha value is -2.24. The zero-order chi connectivity index (χ0) is 14.4. The van der Waals surface area contributed by atoms with Gasteiger partial charge in [0.05, 0.1) is 34.9 Å². The van der Waals surface area contributed by atoms with Gasteiger partial charge in [0.25, 0.3) is 0 Å². The van der Waals surface area contributed by atoms with Crippen LogP contribution in [0.3, 0.4) is 0 Å². The van der Waals surface area contributed by atoms with Crippen LogP contribution in [0.2, 0.25) is 0 Å². The number of rotatable bonds is 5. The molecule has 0 fully saturated rings. The van der Waals surface area contributed by atoms with Gasteiger partial charge < -0.3 is 18.9 Å². The van der Waals surface area contributed by atoms with Crippen molar-refractivity contribution in [1.82, 2.24) is 0 Å². The molecular formula is C13H16O6. The van der Waals surface area contributed by atoms with Crippen molar-refractivity contribution in [3.05, 3.63) is 23.3 Å². The Kier molecular flexibility index (Phi) is 5.17. The zero-order valence-electron chi connectivity index (χ0n) is 11.3. The van der Waals surface area contributed by atoms with Crippen LogP contribution in [0.25, 0.3) is 0 Å². The minimum atomic E-state index is -0.602. The smallest absolute Gasteiger partial charge is 0.342 e. The predicted octanol–water partition coefficient (Wildman–Crippen LogP) is 1.21. The van der Waals surface area contributed by atoms with Gasteiger partial charge in [0.15, 0.2) is 0 Å². The summed E-state index contributed by atoms with van der Waals surface area (Å²) >= 11 is 0. The standard InChI is InChI=1S/C13H16O6/c1-16-9-5-6-10(17-2)12(13(15)19-4)8(9)7-11(14)18-3/h5-6H,7H2,1-4H3. The highest BCUT2D eigenvalue weighted by molar-refractivity contribution is 5.96. The fourth-order valence-corrected chi connectivity index (χ4v) is 1.69. The molecule has 19 heavy (non-hydrogen) atoms. The second kappa shape index (κ2) is 6.63. The molecule has 104 valence electrons. The first kappa shape index (κ1) is 14.8. The minimum Gasteiger partial charge on any atom is -0.496 e. The van der Waals surface area contributed by atoms with Crippen molar-refractivity contribution in [2.45, 2.75) is 6.42 Å². The third kappa shape index (κ3) is 3.15. The van der Waals surface area contributed by atoms with Crippen LogP contribution < -0.4 is 9.47 Å². The molecule has 0 aliphatic carbocycles. The molecular weight excluding hydrogens is 252 g/mol. The lowest BCUT2D eigenvalue weighted by atomic mass is 10.0. The number of esters is 2. The summed E-state index contributed by atoms with van der Waals surface area (Å²) in [4.78, 5) is 23.3. The number of ether oxygens (including phenoxy) is 4. The van der Waals surface area contributed by atoms with E-state index in [1.165, 1.54) is 28.4 Å². The first-order valence-corrected chi connectivity index (χ1v) is 5.48. The molecule has 1 aromatic rings. The Morgan fingerprint density at radius 3 is 2.00 bits per heavy atom. The van der Waals surface area contributed by atoms with Crippen molar-refractivity contribution >= 4 is 11.9 Å². The van der Waals surface area contributed by atoms with E-state index >= 15 is 0 Å². The Labute approximate surface area is 111 Å². The first-order valence-electron chi connectivity index (χ1n) is 5.48. The van der Waals surface area contributed by atoms with E-state index in [0.717, 1.165) is 0 Å². The molecule has 6 heteroatoms. The molecule has 0 aromatic heterocycles. The lowest BCUT2D eigenvalue weighted by Gasteiger charge is -2.15. The van der Waals surface area contributed by atoms with Crippen LogP contribution in [-0.4, -0.2) is 40.4 Å². The molecule has 0 amide bonds. The van der Waals surface area contributed by atoms with E-state index in [-0.39, 0.29) is 12.0 Å². The van der Waals surface area contributed by atoms with Crippen molar-refractivity contribution < 1.29 is 28.5 Å². The third-order valence-corrected chi connectivity index (χ3v) is 2.61. The number of benzene rings is 1. The fourth-order valence-electron chi connectivity index (χ4n) is 1.69. The van der Waals surface area contributed by atoms with E-state index in [1.54, 1.807) is 12.1 Å². The van der Waals surface area contributed by atoms with Gasteiger partial charge in [-0.1, -0.05) is 0 Å². The van der Waals surface area contributed by atoms with Gasteiger partial charge in [0.1, 0.15) is 17.1 Å². The van der Waals surface area contributed by atoms with Crippen LogP contribution in [0.1, 0.15) is 15.9 Å². The van der Waals surface area contributed by atoms with E-state index < -0.39 is 11.9 Å². The van der Waals surface area contributed by atoms with Gasteiger partial charge >= 0.3 is 11.9 Å². The van der Waals surface area contributed by atoms with Gasteiger partial charge in [-0.2, -0.15) is 0 Å². The molecule has 0 heterocycles. The SMILES string of the molecule is COC(=O)Cc1c(OC)ccc(OC)c1C(=O)OC. The largest absolute Gasteiger partial charge is 0.496 e. The molecule has 6 nitrogen and oxygen atoms in total. The molecule has 0 aliphatic heterocycles. The molecule has 0 N–H and O–H groups in total. The Bertz CT molecular complexity index is 480. The van der Waals surface area contributed by atoms with Gasteiger partial charge in [0.2, 0.25) is 0 Å². The number of carbonyl (C=O) groups excluding carboxylic acids is 2. The second-order valence-corrected chi connectivity index (χ2v) is 3.57.